The number of nitrogens with zero attached hydrogens (tertiary/aromatic N) is 1. The molecule has 0 spiro atoms. The van der Waals surface area contributed by atoms with E-state index in [9.17, 15) is 9.59 Å². The summed E-state index contributed by atoms with van der Waals surface area (Å²) >= 11 is 0. The van der Waals surface area contributed by atoms with Crippen molar-refractivity contribution in [2.45, 2.75) is 68.9 Å². The van der Waals surface area contributed by atoms with E-state index in [2.05, 4.69) is 17.4 Å². The van der Waals surface area contributed by atoms with Crippen LogP contribution < -0.4 is 5.32 Å². The maximum atomic E-state index is 12.8. The van der Waals surface area contributed by atoms with Gasteiger partial charge in [0.15, 0.2) is 0 Å². The van der Waals surface area contributed by atoms with Gasteiger partial charge in [0.05, 0.1) is 5.60 Å². The van der Waals surface area contributed by atoms with Crippen molar-refractivity contribution in [2.75, 3.05) is 20.2 Å². The normalized spacial score (nSPS) is 22.5. The van der Waals surface area contributed by atoms with Crippen molar-refractivity contribution < 1.29 is 14.3 Å². The van der Waals surface area contributed by atoms with Gasteiger partial charge in [0.25, 0.3) is 0 Å². The van der Waals surface area contributed by atoms with E-state index in [-0.39, 0.29) is 23.3 Å². The molecular weight excluding hydrogens is 352 g/mol. The van der Waals surface area contributed by atoms with Gasteiger partial charge in [-0.2, -0.15) is 0 Å². The summed E-state index contributed by atoms with van der Waals surface area (Å²) in [4.78, 5) is 27.3. The molecule has 1 saturated heterocycles. The van der Waals surface area contributed by atoms with Crippen molar-refractivity contribution in [1.82, 2.24) is 10.2 Å². The van der Waals surface area contributed by atoms with Crippen LogP contribution >= 0.6 is 0 Å². The predicted octanol–water partition coefficient (Wildman–Crippen LogP) is 3.08. The van der Waals surface area contributed by atoms with Gasteiger partial charge in [-0.15, -0.1) is 0 Å². The zero-order valence-electron chi connectivity index (χ0n) is 16.9. The summed E-state index contributed by atoms with van der Waals surface area (Å²) in [7, 11) is 1.74. The number of benzene rings is 1. The lowest BCUT2D eigenvalue weighted by molar-refractivity contribution is -0.155. The Hall–Kier alpha value is -1.88. The van der Waals surface area contributed by atoms with Gasteiger partial charge in [0.2, 0.25) is 11.8 Å². The maximum Gasteiger partial charge on any atom is 0.223 e. The van der Waals surface area contributed by atoms with Crippen molar-refractivity contribution in [2.24, 2.45) is 5.92 Å². The van der Waals surface area contributed by atoms with Gasteiger partial charge in [-0.3, -0.25) is 9.59 Å². The van der Waals surface area contributed by atoms with Crippen molar-refractivity contribution in [1.29, 1.82) is 0 Å². The second kappa shape index (κ2) is 7.86. The van der Waals surface area contributed by atoms with E-state index in [1.165, 1.54) is 5.56 Å². The van der Waals surface area contributed by atoms with Gasteiger partial charge >= 0.3 is 0 Å². The first-order valence-electron chi connectivity index (χ1n) is 10.8. The fourth-order valence-electron chi connectivity index (χ4n) is 5.03. The minimum atomic E-state index is -0.392. The van der Waals surface area contributed by atoms with Gasteiger partial charge in [-0.25, -0.2) is 0 Å². The van der Waals surface area contributed by atoms with Crippen molar-refractivity contribution >= 4 is 11.8 Å². The molecule has 5 heteroatoms. The van der Waals surface area contributed by atoms with Crippen LogP contribution in [-0.4, -0.2) is 48.1 Å². The number of likely N-dealkylation sites (tertiary alicyclic amines) is 1. The Morgan fingerprint density at radius 2 is 1.82 bits per heavy atom. The smallest absolute Gasteiger partial charge is 0.223 e. The van der Waals surface area contributed by atoms with Crippen LogP contribution in [0.5, 0.6) is 0 Å². The summed E-state index contributed by atoms with van der Waals surface area (Å²) < 4.78 is 5.83. The van der Waals surface area contributed by atoms with Crippen LogP contribution in [0.1, 0.15) is 56.9 Å². The molecule has 0 aromatic heterocycles. The van der Waals surface area contributed by atoms with E-state index < -0.39 is 5.54 Å². The van der Waals surface area contributed by atoms with E-state index in [0.29, 0.717) is 19.5 Å². The molecule has 1 aromatic carbocycles. The predicted molar refractivity (Wildman–Crippen MR) is 108 cm³/mol. The third-order valence-electron chi connectivity index (χ3n) is 7.03. The Morgan fingerprint density at radius 3 is 2.43 bits per heavy atom. The molecule has 1 heterocycles. The summed E-state index contributed by atoms with van der Waals surface area (Å²) in [5.74, 6) is 0.491. The van der Waals surface area contributed by atoms with E-state index in [1.807, 2.05) is 23.1 Å². The third-order valence-corrected chi connectivity index (χ3v) is 7.03. The highest BCUT2D eigenvalue weighted by molar-refractivity contribution is 5.82. The van der Waals surface area contributed by atoms with E-state index in [4.69, 9.17) is 4.74 Å². The Kier molecular flexibility index (Phi) is 5.46. The number of methoxy groups -OCH3 is 1. The van der Waals surface area contributed by atoms with Gasteiger partial charge in [-0.05, 0) is 44.1 Å². The Bertz CT molecular complexity index is 702. The van der Waals surface area contributed by atoms with Crippen molar-refractivity contribution in [3.63, 3.8) is 0 Å². The molecule has 1 aromatic rings. The van der Waals surface area contributed by atoms with Crippen molar-refractivity contribution in [3.05, 3.63) is 35.9 Å². The molecule has 4 rings (SSSR count). The molecule has 0 bridgehead atoms. The number of aryl methyl sites for hydroxylation is 1. The van der Waals surface area contributed by atoms with Crippen LogP contribution in [0.25, 0.3) is 0 Å². The molecule has 3 aliphatic rings. The van der Waals surface area contributed by atoms with E-state index in [0.717, 1.165) is 51.4 Å². The monoisotopic (exact) mass is 384 g/mol. The molecular formula is C23H32N2O3. The highest BCUT2D eigenvalue weighted by atomic mass is 16.5. The van der Waals surface area contributed by atoms with E-state index in [1.54, 1.807) is 7.11 Å². The molecule has 0 atom stereocenters. The molecule has 0 radical (unpaired) electrons. The molecule has 152 valence electrons. The average molecular weight is 385 g/mol. The SMILES string of the molecule is COC1(C2(NC(=O)C3CCCC3)CN(C(=O)CCCc3ccccc3)C2)CC1. The largest absolute Gasteiger partial charge is 0.376 e. The number of nitrogens with one attached hydrogen (secondary N) is 1. The molecule has 28 heavy (non-hydrogen) atoms. The number of rotatable bonds is 8. The molecule has 1 aliphatic heterocycles. The minimum Gasteiger partial charge on any atom is -0.376 e. The molecule has 0 unspecified atom stereocenters. The quantitative estimate of drug-likeness (QED) is 0.749. The highest BCUT2D eigenvalue weighted by Gasteiger charge is 2.66. The van der Waals surface area contributed by atoms with Gasteiger partial charge in [0, 0.05) is 32.5 Å². The lowest BCUT2D eigenvalue weighted by Crippen LogP contribution is -2.78. The second-order valence-corrected chi connectivity index (χ2v) is 8.84. The highest BCUT2D eigenvalue weighted by Crippen LogP contribution is 2.52. The first-order chi connectivity index (χ1) is 13.6. The summed E-state index contributed by atoms with van der Waals surface area (Å²) in [6.07, 6.45) is 8.53. The van der Waals surface area contributed by atoms with Gasteiger partial charge in [-0.1, -0.05) is 43.2 Å². The van der Waals surface area contributed by atoms with Gasteiger partial charge in [0.1, 0.15) is 5.54 Å². The van der Waals surface area contributed by atoms with Crippen LogP contribution in [0.15, 0.2) is 30.3 Å². The number of ether oxygens (including phenoxy) is 1. The number of hydrogen-bond acceptors (Lipinski definition) is 3. The Balaban J connectivity index is 1.31. The first-order valence-corrected chi connectivity index (χ1v) is 10.8. The topological polar surface area (TPSA) is 58.6 Å². The second-order valence-electron chi connectivity index (χ2n) is 8.84. The maximum absolute atomic E-state index is 12.8. The average Bonchev–Trinajstić information content (AvgIpc) is 3.29. The molecule has 2 saturated carbocycles. The summed E-state index contributed by atoms with van der Waals surface area (Å²) in [5, 5.41) is 3.33. The Labute approximate surface area is 167 Å². The number of carbonyl (C=O) groups excluding carboxylic acids is 2. The minimum absolute atomic E-state index is 0.139. The fourth-order valence-corrected chi connectivity index (χ4v) is 5.03. The van der Waals surface area contributed by atoms with Crippen LogP contribution in [-0.2, 0) is 20.7 Å². The molecule has 2 amide bonds. The first kappa shape index (κ1) is 19.4. The van der Waals surface area contributed by atoms with Crippen LogP contribution in [0.4, 0.5) is 0 Å². The van der Waals surface area contributed by atoms with E-state index >= 15 is 0 Å². The Morgan fingerprint density at radius 1 is 1.14 bits per heavy atom. The lowest BCUT2D eigenvalue weighted by Gasteiger charge is -2.54. The van der Waals surface area contributed by atoms with Crippen LogP contribution in [0.3, 0.4) is 0 Å². The lowest BCUT2D eigenvalue weighted by atomic mass is 9.80. The molecule has 2 aliphatic carbocycles. The zero-order valence-corrected chi connectivity index (χ0v) is 16.9. The molecule has 1 N–H and O–H groups in total. The van der Waals surface area contributed by atoms with Crippen LogP contribution in [0.2, 0.25) is 0 Å². The third kappa shape index (κ3) is 3.69. The number of hydrogen-bond donors (Lipinski definition) is 1. The fraction of sp³-hybridized carbons (Fsp3) is 0.652. The summed E-state index contributed by atoms with van der Waals surface area (Å²) in [6.45, 7) is 1.17. The van der Waals surface area contributed by atoms with Gasteiger partial charge < -0.3 is 15.0 Å². The van der Waals surface area contributed by atoms with Crippen LogP contribution in [0, 0.1) is 5.92 Å². The summed E-state index contributed by atoms with van der Waals surface area (Å²) in [6, 6.07) is 10.3. The number of amides is 2. The zero-order chi connectivity index (χ0) is 19.6. The molecule has 3 fully saturated rings. The summed E-state index contributed by atoms with van der Waals surface area (Å²) in [5.41, 5.74) is 0.604. The molecule has 5 nitrogen and oxygen atoms in total. The van der Waals surface area contributed by atoms with Crippen molar-refractivity contribution in [3.8, 4) is 0 Å². The standard InChI is InChI=1S/C23H32N2O3/c1-28-23(14-15-23)22(24-21(27)19-11-5-6-12-19)16-25(17-22)20(26)13-7-10-18-8-3-2-4-9-18/h2-4,8-9,19H,5-7,10-17H2,1H3,(H,24,27). The number of carbonyl (C=O) groups is 2.